The number of nitrogen functional groups attached to an aromatic ring is 1. The highest BCUT2D eigenvalue weighted by Gasteiger charge is 2.32. The van der Waals surface area contributed by atoms with Gasteiger partial charge in [0, 0.05) is 17.2 Å². The lowest BCUT2D eigenvalue weighted by atomic mass is 10.3. The van der Waals surface area contributed by atoms with Gasteiger partial charge in [0.1, 0.15) is 4.90 Å². The average Bonchev–Trinajstić information content (AvgIpc) is 2.46. The molecular weight excluding hydrogens is 328 g/mol. The third-order valence-corrected chi connectivity index (χ3v) is 6.63. The molecule has 0 fully saturated rings. The van der Waals surface area contributed by atoms with Gasteiger partial charge in [0.2, 0.25) is 0 Å². The lowest BCUT2D eigenvalue weighted by molar-refractivity contribution is 0.592. The second-order valence-electron chi connectivity index (χ2n) is 4.55. The highest BCUT2D eigenvalue weighted by atomic mass is 35.5. The highest BCUT2D eigenvalue weighted by molar-refractivity contribution is 8.00. The van der Waals surface area contributed by atoms with Crippen molar-refractivity contribution in [1.29, 1.82) is 0 Å². The fourth-order valence-electron chi connectivity index (χ4n) is 2.30. The Morgan fingerprint density at radius 2 is 1.90 bits per heavy atom. The minimum atomic E-state index is -3.77. The minimum absolute atomic E-state index is 0.0200. The van der Waals surface area contributed by atoms with Crippen LogP contribution in [0.3, 0.4) is 0 Å². The zero-order valence-corrected chi connectivity index (χ0v) is 13.4. The molecule has 3 rings (SSSR count). The van der Waals surface area contributed by atoms with Crippen LogP contribution in [-0.4, -0.2) is 20.7 Å². The van der Waals surface area contributed by atoms with Gasteiger partial charge < -0.3 is 5.73 Å². The summed E-state index contributed by atoms with van der Waals surface area (Å²) in [6.45, 7) is 0.397. The molecule has 0 atom stereocenters. The molecule has 0 bridgehead atoms. The Kier molecular flexibility index (Phi) is 3.77. The molecule has 2 aromatic rings. The van der Waals surface area contributed by atoms with E-state index >= 15 is 0 Å². The topological polar surface area (TPSA) is 63.4 Å². The molecule has 4 nitrogen and oxygen atoms in total. The third-order valence-electron chi connectivity index (χ3n) is 3.23. The average molecular weight is 341 g/mol. The maximum Gasteiger partial charge on any atom is 0.267 e. The van der Waals surface area contributed by atoms with E-state index in [9.17, 15) is 8.42 Å². The molecule has 0 unspecified atom stereocenters. The van der Waals surface area contributed by atoms with E-state index in [-0.39, 0.29) is 15.6 Å². The molecule has 0 saturated carbocycles. The van der Waals surface area contributed by atoms with Crippen molar-refractivity contribution < 1.29 is 8.42 Å². The molecule has 1 aliphatic rings. The van der Waals surface area contributed by atoms with E-state index in [2.05, 4.69) is 0 Å². The summed E-state index contributed by atoms with van der Waals surface area (Å²) in [6.07, 6.45) is 0. The smallest absolute Gasteiger partial charge is 0.267 e. The fraction of sp³-hybridized carbons (Fsp3) is 0.143. The van der Waals surface area contributed by atoms with Gasteiger partial charge in [-0.25, -0.2) is 8.42 Å². The lowest BCUT2D eigenvalue weighted by Gasteiger charge is -2.30. The van der Waals surface area contributed by atoms with Crippen LogP contribution in [0.4, 0.5) is 11.4 Å². The Balaban J connectivity index is 2.17. The van der Waals surface area contributed by atoms with Crippen molar-refractivity contribution in [1.82, 2.24) is 0 Å². The molecule has 2 N–H and O–H groups in total. The van der Waals surface area contributed by atoms with Gasteiger partial charge >= 0.3 is 0 Å². The van der Waals surface area contributed by atoms with Crippen molar-refractivity contribution >= 4 is 44.8 Å². The van der Waals surface area contributed by atoms with Gasteiger partial charge in [-0.1, -0.05) is 29.8 Å². The van der Waals surface area contributed by atoms with E-state index in [0.717, 1.165) is 4.90 Å². The van der Waals surface area contributed by atoms with E-state index in [1.807, 2.05) is 18.2 Å². The molecule has 0 saturated heterocycles. The van der Waals surface area contributed by atoms with Crippen molar-refractivity contribution in [3.63, 3.8) is 0 Å². The van der Waals surface area contributed by atoms with Crippen LogP contribution in [0.25, 0.3) is 0 Å². The number of anilines is 2. The Morgan fingerprint density at radius 3 is 2.67 bits per heavy atom. The molecule has 0 aromatic heterocycles. The molecule has 0 aliphatic carbocycles. The first-order valence-corrected chi connectivity index (χ1v) is 9.11. The summed E-state index contributed by atoms with van der Waals surface area (Å²) in [5.41, 5.74) is 6.68. The van der Waals surface area contributed by atoms with Crippen LogP contribution in [0.1, 0.15) is 0 Å². The van der Waals surface area contributed by atoms with Crippen LogP contribution >= 0.6 is 23.4 Å². The first-order valence-electron chi connectivity index (χ1n) is 6.30. The number of rotatable bonds is 2. The van der Waals surface area contributed by atoms with Crippen LogP contribution in [0, 0.1) is 0 Å². The zero-order chi connectivity index (χ0) is 15.0. The van der Waals surface area contributed by atoms with E-state index in [0.29, 0.717) is 18.0 Å². The van der Waals surface area contributed by atoms with Gasteiger partial charge in [0.15, 0.2) is 0 Å². The molecule has 0 amide bonds. The standard InChI is InChI=1S/C14H13ClN2O2S2/c15-10-4-3-5-11(16)14(10)21(18,19)17-8-9-20-13-7-2-1-6-12(13)17/h1-7H,8-9,16H2. The SMILES string of the molecule is Nc1cccc(Cl)c1S(=O)(=O)N1CCSc2ccccc21. The largest absolute Gasteiger partial charge is 0.398 e. The van der Waals surface area contributed by atoms with Gasteiger partial charge in [-0.2, -0.15) is 0 Å². The summed E-state index contributed by atoms with van der Waals surface area (Å²) in [6, 6.07) is 12.1. The monoisotopic (exact) mass is 340 g/mol. The number of benzene rings is 2. The Hall–Kier alpha value is -1.37. The van der Waals surface area contributed by atoms with Crippen LogP contribution in [-0.2, 0) is 10.0 Å². The van der Waals surface area contributed by atoms with E-state index in [1.54, 1.807) is 30.0 Å². The zero-order valence-electron chi connectivity index (χ0n) is 11.0. The summed E-state index contributed by atoms with van der Waals surface area (Å²) in [4.78, 5) is 0.923. The van der Waals surface area contributed by atoms with Gasteiger partial charge in [-0.3, -0.25) is 4.31 Å². The molecule has 21 heavy (non-hydrogen) atoms. The van der Waals surface area contributed by atoms with Crippen LogP contribution < -0.4 is 10.0 Å². The first-order chi connectivity index (χ1) is 10.0. The second-order valence-corrected chi connectivity index (χ2v) is 7.89. The maximum absolute atomic E-state index is 12.9. The Bertz CT molecular complexity index is 773. The van der Waals surface area contributed by atoms with Crippen molar-refractivity contribution in [3.8, 4) is 0 Å². The summed E-state index contributed by atoms with van der Waals surface area (Å²) in [5, 5.41) is 0.144. The van der Waals surface area contributed by atoms with Gasteiger partial charge in [0.05, 0.1) is 16.4 Å². The van der Waals surface area contributed by atoms with Crippen LogP contribution in [0.2, 0.25) is 5.02 Å². The number of fused-ring (bicyclic) bond motifs is 1. The lowest BCUT2D eigenvalue weighted by Crippen LogP contribution is -2.36. The van der Waals surface area contributed by atoms with Crippen LogP contribution in [0.5, 0.6) is 0 Å². The molecule has 2 aromatic carbocycles. The number of thioether (sulfide) groups is 1. The van der Waals surface area contributed by atoms with Gasteiger partial charge in [-0.05, 0) is 24.3 Å². The molecule has 110 valence electrons. The summed E-state index contributed by atoms with van der Waals surface area (Å²) in [5.74, 6) is 0.695. The quantitative estimate of drug-likeness (QED) is 0.852. The number of nitrogens with two attached hydrogens (primary N) is 1. The van der Waals surface area contributed by atoms with Gasteiger partial charge in [-0.15, -0.1) is 11.8 Å². The van der Waals surface area contributed by atoms with E-state index < -0.39 is 10.0 Å². The summed E-state index contributed by atoms with van der Waals surface area (Å²) < 4.78 is 27.3. The summed E-state index contributed by atoms with van der Waals surface area (Å²) in [7, 11) is -3.77. The third kappa shape index (κ3) is 2.47. The predicted octanol–water partition coefficient (Wildman–Crippen LogP) is 3.22. The Morgan fingerprint density at radius 1 is 1.14 bits per heavy atom. The second kappa shape index (κ2) is 5.44. The highest BCUT2D eigenvalue weighted by Crippen LogP contribution is 2.39. The Labute approximate surface area is 132 Å². The number of hydrogen-bond acceptors (Lipinski definition) is 4. The normalized spacial score (nSPS) is 14.8. The van der Waals surface area contributed by atoms with E-state index in [4.69, 9.17) is 17.3 Å². The van der Waals surface area contributed by atoms with E-state index in [1.165, 1.54) is 10.4 Å². The number of hydrogen-bond donors (Lipinski definition) is 1. The molecule has 1 aliphatic heterocycles. The van der Waals surface area contributed by atoms with Crippen LogP contribution in [0.15, 0.2) is 52.3 Å². The molecule has 0 radical (unpaired) electrons. The molecular formula is C14H13ClN2O2S2. The maximum atomic E-state index is 12.9. The fourth-order valence-corrected chi connectivity index (χ4v) is 5.59. The number of para-hydroxylation sites is 1. The number of nitrogens with zero attached hydrogens (tertiary/aromatic N) is 1. The summed E-state index contributed by atoms with van der Waals surface area (Å²) >= 11 is 7.71. The minimum Gasteiger partial charge on any atom is -0.398 e. The van der Waals surface area contributed by atoms with Gasteiger partial charge in [0.25, 0.3) is 10.0 Å². The van der Waals surface area contributed by atoms with Crippen molar-refractivity contribution in [3.05, 3.63) is 47.5 Å². The number of sulfonamides is 1. The van der Waals surface area contributed by atoms with Crippen molar-refractivity contribution in [2.24, 2.45) is 0 Å². The van der Waals surface area contributed by atoms with Crippen molar-refractivity contribution in [2.45, 2.75) is 9.79 Å². The first kappa shape index (κ1) is 14.6. The molecule has 0 spiro atoms. The van der Waals surface area contributed by atoms with Crippen molar-refractivity contribution in [2.75, 3.05) is 22.3 Å². The predicted molar refractivity (Wildman–Crippen MR) is 87.6 cm³/mol. The molecule has 7 heteroatoms. The molecule has 1 heterocycles. The number of halogens is 1.